The predicted molar refractivity (Wildman–Crippen MR) is 95.4 cm³/mol. The van der Waals surface area contributed by atoms with Crippen molar-refractivity contribution >= 4 is 5.82 Å². The van der Waals surface area contributed by atoms with Gasteiger partial charge in [0.25, 0.3) is 5.88 Å². The molecule has 2 aromatic rings. The molecule has 0 bridgehead atoms. The van der Waals surface area contributed by atoms with Gasteiger partial charge < -0.3 is 19.5 Å². The molecule has 0 unspecified atom stereocenters. The molecule has 25 heavy (non-hydrogen) atoms. The minimum atomic E-state index is 0.227. The minimum Gasteiger partial charge on any atom is -0.480 e. The summed E-state index contributed by atoms with van der Waals surface area (Å²) < 4.78 is 15.8. The van der Waals surface area contributed by atoms with Crippen LogP contribution in [0.3, 0.4) is 0 Å². The number of ether oxygens (including phenoxy) is 3. The van der Waals surface area contributed by atoms with Crippen molar-refractivity contribution in [2.24, 2.45) is 0 Å². The number of aryl methyl sites for hydroxylation is 1. The SMILES string of the molecule is CCC(CC)Nc1nc(C)c(-c2cnc(OC)nc2OC)nc1OC. The third-order valence-corrected chi connectivity index (χ3v) is 3.92. The first-order valence-electron chi connectivity index (χ1n) is 8.22. The fourth-order valence-corrected chi connectivity index (χ4v) is 2.45. The first-order chi connectivity index (χ1) is 12.1. The molecule has 1 N–H and O–H groups in total. The maximum Gasteiger partial charge on any atom is 0.319 e. The zero-order valence-electron chi connectivity index (χ0n) is 15.6. The van der Waals surface area contributed by atoms with E-state index in [0.29, 0.717) is 34.9 Å². The molecule has 0 spiro atoms. The Morgan fingerprint density at radius 1 is 0.960 bits per heavy atom. The van der Waals surface area contributed by atoms with E-state index in [-0.39, 0.29) is 6.01 Å². The number of aromatic nitrogens is 4. The van der Waals surface area contributed by atoms with Crippen LogP contribution in [0.4, 0.5) is 5.82 Å². The van der Waals surface area contributed by atoms with Gasteiger partial charge in [0.15, 0.2) is 5.82 Å². The topological polar surface area (TPSA) is 91.3 Å². The van der Waals surface area contributed by atoms with Crippen LogP contribution in [-0.2, 0) is 0 Å². The van der Waals surface area contributed by atoms with Crippen molar-refractivity contribution < 1.29 is 14.2 Å². The third kappa shape index (κ3) is 4.07. The molecule has 0 aromatic carbocycles. The minimum absolute atomic E-state index is 0.227. The summed E-state index contributed by atoms with van der Waals surface area (Å²) in [4.78, 5) is 17.6. The van der Waals surface area contributed by atoms with Crippen molar-refractivity contribution in [3.63, 3.8) is 0 Å². The molecule has 0 saturated heterocycles. The molecule has 2 heterocycles. The summed E-state index contributed by atoms with van der Waals surface area (Å²) in [6, 6.07) is 0.539. The van der Waals surface area contributed by atoms with Gasteiger partial charge in [-0.1, -0.05) is 13.8 Å². The molecule has 8 nitrogen and oxygen atoms in total. The molecule has 0 aliphatic rings. The Bertz CT molecular complexity index is 720. The highest BCUT2D eigenvalue weighted by atomic mass is 16.5. The summed E-state index contributed by atoms with van der Waals surface area (Å²) in [6.07, 6.45) is 3.58. The van der Waals surface area contributed by atoms with Crippen LogP contribution in [0.1, 0.15) is 32.4 Å². The Morgan fingerprint density at radius 2 is 1.64 bits per heavy atom. The van der Waals surface area contributed by atoms with E-state index in [9.17, 15) is 0 Å². The van der Waals surface area contributed by atoms with E-state index in [1.807, 2.05) is 6.92 Å². The van der Waals surface area contributed by atoms with Crippen molar-refractivity contribution in [3.05, 3.63) is 11.9 Å². The van der Waals surface area contributed by atoms with E-state index >= 15 is 0 Å². The van der Waals surface area contributed by atoms with E-state index in [4.69, 9.17) is 14.2 Å². The molecule has 0 aliphatic heterocycles. The molecule has 2 rings (SSSR count). The van der Waals surface area contributed by atoms with Crippen molar-refractivity contribution in [2.75, 3.05) is 26.6 Å². The zero-order chi connectivity index (χ0) is 18.4. The van der Waals surface area contributed by atoms with Gasteiger partial charge in [0.1, 0.15) is 5.69 Å². The molecule has 0 fully saturated rings. The monoisotopic (exact) mass is 347 g/mol. The van der Waals surface area contributed by atoms with Gasteiger partial charge in [-0.2, -0.15) is 4.98 Å². The highest BCUT2D eigenvalue weighted by Gasteiger charge is 2.19. The zero-order valence-corrected chi connectivity index (χ0v) is 15.6. The van der Waals surface area contributed by atoms with Gasteiger partial charge >= 0.3 is 6.01 Å². The van der Waals surface area contributed by atoms with Gasteiger partial charge in [-0.05, 0) is 19.8 Å². The number of hydrogen-bond acceptors (Lipinski definition) is 8. The Labute approximate surface area is 148 Å². The van der Waals surface area contributed by atoms with E-state index in [0.717, 1.165) is 18.5 Å². The molecule has 0 atom stereocenters. The third-order valence-electron chi connectivity index (χ3n) is 3.92. The number of hydrogen-bond donors (Lipinski definition) is 1. The average molecular weight is 347 g/mol. The second kappa shape index (κ2) is 8.46. The summed E-state index contributed by atoms with van der Waals surface area (Å²) >= 11 is 0. The maximum absolute atomic E-state index is 5.43. The van der Waals surface area contributed by atoms with E-state index < -0.39 is 0 Å². The smallest absolute Gasteiger partial charge is 0.319 e. The molecular weight excluding hydrogens is 322 g/mol. The van der Waals surface area contributed by atoms with Gasteiger partial charge in [-0.25, -0.2) is 15.0 Å². The Balaban J connectivity index is 2.50. The van der Waals surface area contributed by atoms with Crippen LogP contribution in [0.2, 0.25) is 0 Å². The Morgan fingerprint density at radius 3 is 2.20 bits per heavy atom. The van der Waals surface area contributed by atoms with E-state index in [1.165, 1.54) is 14.2 Å². The van der Waals surface area contributed by atoms with Crippen molar-refractivity contribution in [2.45, 2.75) is 39.7 Å². The molecule has 0 amide bonds. The van der Waals surface area contributed by atoms with Crippen LogP contribution < -0.4 is 19.5 Å². The average Bonchev–Trinajstić information content (AvgIpc) is 2.65. The Hall–Kier alpha value is -2.64. The maximum atomic E-state index is 5.43. The summed E-state index contributed by atoms with van der Waals surface area (Å²) in [7, 11) is 4.61. The second-order valence-corrected chi connectivity index (χ2v) is 5.45. The van der Waals surface area contributed by atoms with Gasteiger partial charge in [0.05, 0.1) is 32.6 Å². The fraction of sp³-hybridized carbons (Fsp3) is 0.529. The molecule has 2 aromatic heterocycles. The molecule has 0 aliphatic carbocycles. The summed E-state index contributed by atoms with van der Waals surface area (Å²) in [5, 5.41) is 3.38. The number of methoxy groups -OCH3 is 3. The number of anilines is 1. The summed E-state index contributed by atoms with van der Waals surface area (Å²) in [5.41, 5.74) is 1.95. The molecular formula is C17H25N5O3. The second-order valence-electron chi connectivity index (χ2n) is 5.45. The van der Waals surface area contributed by atoms with E-state index in [1.54, 1.807) is 13.3 Å². The van der Waals surface area contributed by atoms with E-state index in [2.05, 4.69) is 39.1 Å². The largest absolute Gasteiger partial charge is 0.480 e. The predicted octanol–water partition coefficient (Wildman–Crippen LogP) is 2.87. The highest BCUT2D eigenvalue weighted by Crippen LogP contribution is 2.33. The first kappa shape index (κ1) is 18.7. The standard InChI is InChI=1S/C17H25N5O3/c1-7-11(8-2)20-14-16(24-5)21-13(10(3)19-14)12-9-18-17(25-6)22-15(12)23-4/h9,11H,7-8H2,1-6H3,(H,19,20). The highest BCUT2D eigenvalue weighted by molar-refractivity contribution is 5.68. The lowest BCUT2D eigenvalue weighted by Crippen LogP contribution is -2.19. The number of nitrogens with zero attached hydrogens (tertiary/aromatic N) is 4. The van der Waals surface area contributed by atoms with Gasteiger partial charge in [-0.15, -0.1) is 0 Å². The molecule has 0 radical (unpaired) electrons. The van der Waals surface area contributed by atoms with Crippen LogP contribution in [0, 0.1) is 6.92 Å². The van der Waals surface area contributed by atoms with Gasteiger partial charge in [0, 0.05) is 12.2 Å². The van der Waals surface area contributed by atoms with Crippen LogP contribution in [0.25, 0.3) is 11.3 Å². The van der Waals surface area contributed by atoms with Crippen LogP contribution in [-0.4, -0.2) is 47.3 Å². The lowest BCUT2D eigenvalue weighted by atomic mass is 10.1. The molecule has 136 valence electrons. The quantitative estimate of drug-likeness (QED) is 0.779. The molecule has 8 heteroatoms. The van der Waals surface area contributed by atoms with Crippen LogP contribution >= 0.6 is 0 Å². The first-order valence-corrected chi connectivity index (χ1v) is 8.22. The van der Waals surface area contributed by atoms with Gasteiger partial charge in [-0.3, -0.25) is 0 Å². The van der Waals surface area contributed by atoms with Crippen LogP contribution in [0.5, 0.6) is 17.8 Å². The van der Waals surface area contributed by atoms with Gasteiger partial charge in [0.2, 0.25) is 5.88 Å². The lowest BCUT2D eigenvalue weighted by molar-refractivity contribution is 0.353. The van der Waals surface area contributed by atoms with Crippen LogP contribution in [0.15, 0.2) is 6.20 Å². The summed E-state index contributed by atoms with van der Waals surface area (Å²) in [6.45, 7) is 6.13. The number of rotatable bonds is 8. The van der Waals surface area contributed by atoms with Crippen molar-refractivity contribution in [1.29, 1.82) is 0 Å². The fourth-order valence-electron chi connectivity index (χ4n) is 2.45. The Kier molecular flexibility index (Phi) is 6.32. The molecule has 0 saturated carbocycles. The van der Waals surface area contributed by atoms with Crippen molar-refractivity contribution in [1.82, 2.24) is 19.9 Å². The normalized spacial score (nSPS) is 10.7. The lowest BCUT2D eigenvalue weighted by Gasteiger charge is -2.18. The summed E-state index contributed by atoms with van der Waals surface area (Å²) in [5.74, 6) is 1.42. The number of nitrogens with one attached hydrogen (secondary N) is 1. The van der Waals surface area contributed by atoms with Crippen molar-refractivity contribution in [3.8, 4) is 29.0 Å².